The van der Waals surface area contributed by atoms with E-state index in [2.05, 4.69) is 26.9 Å². The average Bonchev–Trinajstić information content (AvgIpc) is 2.78. The molecular weight excluding hydrogens is 328 g/mol. The number of amides is 1. The van der Waals surface area contributed by atoms with Crippen molar-refractivity contribution in [1.82, 2.24) is 0 Å². The minimum atomic E-state index is 0.0801. The number of hydrogen-bond acceptors (Lipinski definition) is 2. The Bertz CT molecular complexity index is 725. The fourth-order valence-corrected chi connectivity index (χ4v) is 3.02. The lowest BCUT2D eigenvalue weighted by atomic mass is 10.1. The molecule has 0 fully saturated rings. The van der Waals surface area contributed by atoms with Gasteiger partial charge in [-0.15, -0.1) is 0 Å². The quantitative estimate of drug-likeness (QED) is 0.822. The lowest BCUT2D eigenvalue weighted by Crippen LogP contribution is -2.23. The first-order valence-electron chi connectivity index (χ1n) is 6.86. The molecule has 1 aliphatic heterocycles. The van der Waals surface area contributed by atoms with Crippen molar-refractivity contribution in [3.05, 3.63) is 57.6 Å². The zero-order valence-electron chi connectivity index (χ0n) is 12.4. The van der Waals surface area contributed by atoms with Gasteiger partial charge in [-0.25, -0.2) is 0 Å². The van der Waals surface area contributed by atoms with E-state index in [9.17, 15) is 4.79 Å². The largest absolute Gasteiger partial charge is 0.378 e. The van der Waals surface area contributed by atoms with Gasteiger partial charge in [0, 0.05) is 35.5 Å². The normalized spacial score (nSPS) is 13.5. The van der Waals surface area contributed by atoms with E-state index in [0.717, 1.165) is 32.5 Å². The Hall–Kier alpha value is -1.81. The SMILES string of the molecule is Cc1c(Br)cccc1N1Cc2cc(N(C)C)ccc2C1=O. The summed E-state index contributed by atoms with van der Waals surface area (Å²) >= 11 is 3.53. The molecule has 108 valence electrons. The third kappa shape index (κ3) is 2.33. The van der Waals surface area contributed by atoms with Crippen LogP contribution in [-0.2, 0) is 6.54 Å². The smallest absolute Gasteiger partial charge is 0.258 e. The molecule has 3 rings (SSSR count). The molecular formula is C17H17BrN2O. The summed E-state index contributed by atoms with van der Waals surface area (Å²) in [6, 6.07) is 12.0. The fraction of sp³-hybridized carbons (Fsp3) is 0.235. The number of rotatable bonds is 2. The topological polar surface area (TPSA) is 23.6 Å². The molecule has 0 spiro atoms. The minimum Gasteiger partial charge on any atom is -0.378 e. The van der Waals surface area contributed by atoms with E-state index in [1.807, 2.05) is 56.3 Å². The zero-order chi connectivity index (χ0) is 15.1. The van der Waals surface area contributed by atoms with Crippen LogP contribution in [-0.4, -0.2) is 20.0 Å². The molecule has 0 saturated heterocycles. The van der Waals surface area contributed by atoms with Crippen LogP contribution in [0.5, 0.6) is 0 Å². The van der Waals surface area contributed by atoms with E-state index in [1.54, 1.807) is 0 Å². The molecule has 0 unspecified atom stereocenters. The second kappa shape index (κ2) is 5.19. The number of halogens is 1. The van der Waals surface area contributed by atoms with E-state index in [1.165, 1.54) is 0 Å². The lowest BCUT2D eigenvalue weighted by Gasteiger charge is -2.19. The van der Waals surface area contributed by atoms with Gasteiger partial charge in [0.1, 0.15) is 0 Å². The van der Waals surface area contributed by atoms with Crippen molar-refractivity contribution in [1.29, 1.82) is 0 Å². The van der Waals surface area contributed by atoms with E-state index in [4.69, 9.17) is 0 Å². The maximum Gasteiger partial charge on any atom is 0.258 e. The highest BCUT2D eigenvalue weighted by Gasteiger charge is 2.29. The van der Waals surface area contributed by atoms with Crippen LogP contribution in [0.15, 0.2) is 40.9 Å². The van der Waals surface area contributed by atoms with E-state index < -0.39 is 0 Å². The Morgan fingerprint density at radius 3 is 2.67 bits per heavy atom. The van der Waals surface area contributed by atoms with Crippen molar-refractivity contribution in [3.63, 3.8) is 0 Å². The number of anilines is 2. The molecule has 0 radical (unpaired) electrons. The highest BCUT2D eigenvalue weighted by Crippen LogP contribution is 2.34. The zero-order valence-corrected chi connectivity index (χ0v) is 13.9. The summed E-state index contributed by atoms with van der Waals surface area (Å²) in [5.41, 5.74) is 5.07. The van der Waals surface area contributed by atoms with Gasteiger partial charge in [0.25, 0.3) is 5.91 Å². The van der Waals surface area contributed by atoms with Gasteiger partial charge in [-0.3, -0.25) is 4.79 Å². The molecule has 0 aliphatic carbocycles. The fourth-order valence-electron chi connectivity index (χ4n) is 2.67. The molecule has 21 heavy (non-hydrogen) atoms. The predicted octanol–water partition coefficient (Wildman–Crippen LogP) is 3.98. The van der Waals surface area contributed by atoms with Crippen LogP contribution in [0.25, 0.3) is 0 Å². The van der Waals surface area contributed by atoms with Gasteiger partial charge in [-0.05, 0) is 48.4 Å². The van der Waals surface area contributed by atoms with Gasteiger partial charge in [-0.2, -0.15) is 0 Å². The average molecular weight is 345 g/mol. The maximum absolute atomic E-state index is 12.6. The van der Waals surface area contributed by atoms with Gasteiger partial charge in [-0.1, -0.05) is 22.0 Å². The summed E-state index contributed by atoms with van der Waals surface area (Å²) in [5, 5.41) is 0. The minimum absolute atomic E-state index is 0.0801. The van der Waals surface area contributed by atoms with E-state index in [-0.39, 0.29) is 5.91 Å². The molecule has 1 amide bonds. The molecule has 1 heterocycles. The molecule has 3 nitrogen and oxygen atoms in total. The highest BCUT2D eigenvalue weighted by molar-refractivity contribution is 9.10. The number of carbonyl (C=O) groups is 1. The highest BCUT2D eigenvalue weighted by atomic mass is 79.9. The summed E-state index contributed by atoms with van der Waals surface area (Å²) in [4.78, 5) is 16.5. The summed E-state index contributed by atoms with van der Waals surface area (Å²) in [6.07, 6.45) is 0. The van der Waals surface area contributed by atoms with Gasteiger partial charge in [0.05, 0.1) is 6.54 Å². The van der Waals surface area contributed by atoms with Crippen molar-refractivity contribution in [3.8, 4) is 0 Å². The summed E-state index contributed by atoms with van der Waals surface area (Å²) < 4.78 is 1.03. The third-order valence-corrected chi connectivity index (χ3v) is 4.80. The Morgan fingerprint density at radius 2 is 1.95 bits per heavy atom. The number of hydrogen-bond donors (Lipinski definition) is 0. The first-order chi connectivity index (χ1) is 9.99. The van der Waals surface area contributed by atoms with Crippen LogP contribution >= 0.6 is 15.9 Å². The van der Waals surface area contributed by atoms with Gasteiger partial charge in [0.2, 0.25) is 0 Å². The molecule has 2 aromatic rings. The molecule has 2 aromatic carbocycles. The molecule has 0 bridgehead atoms. The summed E-state index contributed by atoms with van der Waals surface area (Å²) in [5.74, 6) is 0.0801. The number of fused-ring (bicyclic) bond motifs is 1. The van der Waals surface area contributed by atoms with Crippen LogP contribution in [0.4, 0.5) is 11.4 Å². The molecule has 0 saturated carbocycles. The van der Waals surface area contributed by atoms with Crippen LogP contribution < -0.4 is 9.80 Å². The lowest BCUT2D eigenvalue weighted by molar-refractivity contribution is 0.0996. The second-order valence-electron chi connectivity index (χ2n) is 5.51. The Morgan fingerprint density at radius 1 is 1.19 bits per heavy atom. The Kier molecular flexibility index (Phi) is 3.49. The molecule has 0 aromatic heterocycles. The Labute approximate surface area is 133 Å². The van der Waals surface area contributed by atoms with Crippen LogP contribution in [0.1, 0.15) is 21.5 Å². The van der Waals surface area contributed by atoms with E-state index in [0.29, 0.717) is 6.54 Å². The first kappa shape index (κ1) is 14.1. The van der Waals surface area contributed by atoms with Crippen molar-refractivity contribution in [2.45, 2.75) is 13.5 Å². The van der Waals surface area contributed by atoms with Crippen LogP contribution in [0.2, 0.25) is 0 Å². The van der Waals surface area contributed by atoms with Gasteiger partial charge >= 0.3 is 0 Å². The van der Waals surface area contributed by atoms with Gasteiger partial charge < -0.3 is 9.80 Å². The molecule has 4 heteroatoms. The first-order valence-corrected chi connectivity index (χ1v) is 7.65. The molecule has 0 N–H and O–H groups in total. The summed E-state index contributed by atoms with van der Waals surface area (Å²) in [6.45, 7) is 2.66. The maximum atomic E-state index is 12.6. The number of benzene rings is 2. The van der Waals surface area contributed by atoms with Crippen molar-refractivity contribution < 1.29 is 4.79 Å². The Balaban J connectivity index is 2.02. The second-order valence-corrected chi connectivity index (χ2v) is 6.37. The van der Waals surface area contributed by atoms with E-state index >= 15 is 0 Å². The van der Waals surface area contributed by atoms with Crippen LogP contribution in [0.3, 0.4) is 0 Å². The summed E-state index contributed by atoms with van der Waals surface area (Å²) in [7, 11) is 4.02. The van der Waals surface area contributed by atoms with Crippen LogP contribution in [0, 0.1) is 6.92 Å². The van der Waals surface area contributed by atoms with Gasteiger partial charge in [0.15, 0.2) is 0 Å². The number of nitrogens with zero attached hydrogens (tertiary/aromatic N) is 2. The molecule has 0 atom stereocenters. The predicted molar refractivity (Wildman–Crippen MR) is 90.2 cm³/mol. The third-order valence-electron chi connectivity index (χ3n) is 3.94. The standard InChI is InChI=1S/C17H17BrN2O/c1-11-15(18)5-4-6-16(11)20-10-12-9-13(19(2)3)7-8-14(12)17(20)21/h4-9H,10H2,1-3H3. The van der Waals surface area contributed by atoms with Crippen molar-refractivity contribution in [2.24, 2.45) is 0 Å². The molecule has 1 aliphatic rings. The number of carbonyl (C=O) groups excluding carboxylic acids is 1. The monoisotopic (exact) mass is 344 g/mol. The van der Waals surface area contributed by atoms with Crippen molar-refractivity contribution >= 4 is 33.2 Å². The van der Waals surface area contributed by atoms with Crippen molar-refractivity contribution in [2.75, 3.05) is 23.9 Å².